The van der Waals surface area contributed by atoms with Gasteiger partial charge in [0.15, 0.2) is 0 Å². The minimum absolute atomic E-state index is 0.0542. The van der Waals surface area contributed by atoms with Crippen LogP contribution in [0.3, 0.4) is 0 Å². The molecule has 1 amide bonds. The molecule has 24 heavy (non-hydrogen) atoms. The number of ether oxygens (including phenoxy) is 1. The lowest BCUT2D eigenvalue weighted by Crippen LogP contribution is -2.59. The van der Waals surface area contributed by atoms with Crippen molar-refractivity contribution in [1.82, 2.24) is 0 Å². The third-order valence-electron chi connectivity index (χ3n) is 4.79. The van der Waals surface area contributed by atoms with Crippen LogP contribution in [-0.2, 0) is 9.53 Å². The van der Waals surface area contributed by atoms with Crippen molar-refractivity contribution in [1.29, 1.82) is 0 Å². The van der Waals surface area contributed by atoms with Crippen LogP contribution in [0.2, 0.25) is 0 Å². The van der Waals surface area contributed by atoms with E-state index in [1.54, 1.807) is 24.3 Å². The molecule has 132 valence electrons. The van der Waals surface area contributed by atoms with Crippen LogP contribution in [0.5, 0.6) is 0 Å². The van der Waals surface area contributed by atoms with E-state index in [-0.39, 0.29) is 18.5 Å². The first-order valence-electron chi connectivity index (χ1n) is 8.27. The second-order valence-corrected chi connectivity index (χ2v) is 6.52. The van der Waals surface area contributed by atoms with Crippen LogP contribution in [0.25, 0.3) is 0 Å². The Morgan fingerprint density at radius 1 is 1.17 bits per heavy atom. The molecule has 3 N–H and O–H groups in total. The molecule has 0 bridgehead atoms. The summed E-state index contributed by atoms with van der Waals surface area (Å²) in [6.45, 7) is 1.45. The Labute approximate surface area is 139 Å². The summed E-state index contributed by atoms with van der Waals surface area (Å²) in [6, 6.07) is 6.94. The molecule has 1 aromatic rings. The number of aliphatic hydroxyl groups is 1. The van der Waals surface area contributed by atoms with Crippen LogP contribution in [0.15, 0.2) is 24.3 Å². The molecular formula is C17H22F2N2O3. The number of hydrogen-bond donors (Lipinski definition) is 3. The van der Waals surface area contributed by atoms with Gasteiger partial charge in [0.2, 0.25) is 0 Å². The lowest BCUT2D eigenvalue weighted by molar-refractivity contribution is -0.212. The van der Waals surface area contributed by atoms with E-state index < -0.39 is 17.4 Å². The number of benzene rings is 1. The maximum atomic E-state index is 14.0. The first-order chi connectivity index (χ1) is 11.4. The van der Waals surface area contributed by atoms with Crippen molar-refractivity contribution < 1.29 is 23.4 Å². The van der Waals surface area contributed by atoms with Gasteiger partial charge < -0.3 is 20.5 Å². The summed E-state index contributed by atoms with van der Waals surface area (Å²) in [5.41, 5.74) is -1.06. The number of rotatable bonds is 5. The molecule has 1 aliphatic carbocycles. The molecule has 1 aromatic carbocycles. The number of nitrogens with one attached hydrogen (secondary N) is 2. The fraction of sp³-hybridized carbons (Fsp3) is 0.588. The normalized spacial score (nSPS) is 21.0. The quantitative estimate of drug-likeness (QED) is 0.771. The third-order valence-corrected chi connectivity index (χ3v) is 4.79. The van der Waals surface area contributed by atoms with E-state index in [1.807, 2.05) is 0 Å². The van der Waals surface area contributed by atoms with E-state index in [0.29, 0.717) is 12.5 Å². The van der Waals surface area contributed by atoms with E-state index in [1.165, 1.54) is 0 Å². The van der Waals surface area contributed by atoms with Crippen LogP contribution in [0.4, 0.5) is 20.2 Å². The van der Waals surface area contributed by atoms with Crippen LogP contribution < -0.4 is 10.6 Å². The van der Waals surface area contributed by atoms with Gasteiger partial charge >= 0.3 is 5.92 Å². The first kappa shape index (κ1) is 17.1. The predicted octanol–water partition coefficient (Wildman–Crippen LogP) is 2.77. The molecule has 1 saturated carbocycles. The van der Waals surface area contributed by atoms with Crippen molar-refractivity contribution in [2.75, 3.05) is 23.8 Å². The van der Waals surface area contributed by atoms with Gasteiger partial charge in [-0.2, -0.15) is 8.78 Å². The van der Waals surface area contributed by atoms with Crippen molar-refractivity contribution in [3.63, 3.8) is 0 Å². The minimum Gasteiger partial charge on any atom is -0.383 e. The second-order valence-electron chi connectivity index (χ2n) is 6.52. The minimum atomic E-state index is -3.79. The maximum absolute atomic E-state index is 14.0. The molecule has 0 aromatic heterocycles. The second kappa shape index (κ2) is 6.64. The molecule has 7 heteroatoms. The fourth-order valence-corrected chi connectivity index (χ4v) is 2.97. The summed E-state index contributed by atoms with van der Waals surface area (Å²) < 4.78 is 33.4. The van der Waals surface area contributed by atoms with Gasteiger partial charge in [-0.05, 0) is 56.4 Å². The van der Waals surface area contributed by atoms with E-state index in [2.05, 4.69) is 10.6 Å². The molecule has 1 heterocycles. The highest BCUT2D eigenvalue weighted by Crippen LogP contribution is 2.44. The number of alkyl halides is 2. The lowest BCUT2D eigenvalue weighted by Gasteiger charge is -2.41. The van der Waals surface area contributed by atoms with Gasteiger partial charge in [-0.15, -0.1) is 0 Å². The average Bonchev–Trinajstić information content (AvgIpc) is 2.55. The molecule has 0 radical (unpaired) electrons. The standard InChI is InChI=1S/C17H22F2N2O3/c18-17(19,16(23)8-1-9-16)15(22)21-13-4-2-12(3-5-13)20-14-6-10-24-11-7-14/h2-5,14,20,23H,1,6-11H2,(H,21,22). The molecule has 0 atom stereocenters. The fourth-order valence-electron chi connectivity index (χ4n) is 2.97. The zero-order valence-corrected chi connectivity index (χ0v) is 13.4. The van der Waals surface area contributed by atoms with Crippen molar-refractivity contribution >= 4 is 17.3 Å². The van der Waals surface area contributed by atoms with Crippen molar-refractivity contribution in [2.24, 2.45) is 0 Å². The molecule has 0 unspecified atom stereocenters. The van der Waals surface area contributed by atoms with E-state index in [9.17, 15) is 18.7 Å². The topological polar surface area (TPSA) is 70.6 Å². The van der Waals surface area contributed by atoms with Crippen LogP contribution in [-0.4, -0.2) is 41.8 Å². The SMILES string of the molecule is O=C(Nc1ccc(NC2CCOCC2)cc1)C(F)(F)C1(O)CCC1. The van der Waals surface area contributed by atoms with Gasteiger partial charge in [0.05, 0.1) is 0 Å². The number of anilines is 2. The van der Waals surface area contributed by atoms with E-state index >= 15 is 0 Å². The molecular weight excluding hydrogens is 318 g/mol. The zero-order valence-electron chi connectivity index (χ0n) is 13.4. The molecule has 3 rings (SSSR count). The van der Waals surface area contributed by atoms with Crippen LogP contribution in [0.1, 0.15) is 32.1 Å². The van der Waals surface area contributed by atoms with Gasteiger partial charge in [0, 0.05) is 30.6 Å². The Bertz CT molecular complexity index is 582. The number of carbonyl (C=O) groups excluding carboxylic acids is 1. The average molecular weight is 340 g/mol. The summed E-state index contributed by atoms with van der Waals surface area (Å²) >= 11 is 0. The van der Waals surface area contributed by atoms with Gasteiger partial charge in [0.1, 0.15) is 5.60 Å². The highest BCUT2D eigenvalue weighted by atomic mass is 19.3. The van der Waals surface area contributed by atoms with Gasteiger partial charge in [-0.3, -0.25) is 4.79 Å². The van der Waals surface area contributed by atoms with Gasteiger partial charge in [-0.25, -0.2) is 0 Å². The summed E-state index contributed by atoms with van der Waals surface area (Å²) in [5.74, 6) is -5.25. The molecule has 2 fully saturated rings. The first-order valence-corrected chi connectivity index (χ1v) is 8.27. The summed E-state index contributed by atoms with van der Waals surface area (Å²) in [4.78, 5) is 11.8. The Morgan fingerprint density at radius 3 is 2.29 bits per heavy atom. The highest BCUT2D eigenvalue weighted by molar-refractivity contribution is 5.97. The summed E-state index contributed by atoms with van der Waals surface area (Å²) in [7, 11) is 0. The Balaban J connectivity index is 1.58. The molecule has 0 spiro atoms. The van der Waals surface area contributed by atoms with Gasteiger partial charge in [-0.1, -0.05) is 0 Å². The number of carbonyl (C=O) groups is 1. The number of hydrogen-bond acceptors (Lipinski definition) is 4. The zero-order chi connectivity index (χ0) is 17.2. The number of halogens is 2. The number of amides is 1. The van der Waals surface area contributed by atoms with E-state index in [0.717, 1.165) is 31.7 Å². The monoisotopic (exact) mass is 340 g/mol. The van der Waals surface area contributed by atoms with Crippen LogP contribution >= 0.6 is 0 Å². The van der Waals surface area contributed by atoms with Crippen molar-refractivity contribution in [3.8, 4) is 0 Å². The summed E-state index contributed by atoms with van der Waals surface area (Å²) in [5, 5.41) is 15.3. The maximum Gasteiger partial charge on any atom is 0.352 e. The third kappa shape index (κ3) is 3.37. The Hall–Kier alpha value is -1.73. The molecule has 1 aliphatic heterocycles. The predicted molar refractivity (Wildman–Crippen MR) is 86.3 cm³/mol. The van der Waals surface area contributed by atoms with Gasteiger partial charge in [0.25, 0.3) is 5.91 Å². The van der Waals surface area contributed by atoms with Crippen molar-refractivity contribution in [2.45, 2.75) is 49.7 Å². The Kier molecular flexibility index (Phi) is 4.73. The van der Waals surface area contributed by atoms with Crippen molar-refractivity contribution in [3.05, 3.63) is 24.3 Å². The molecule has 1 saturated heterocycles. The van der Waals surface area contributed by atoms with E-state index in [4.69, 9.17) is 4.74 Å². The highest BCUT2D eigenvalue weighted by Gasteiger charge is 2.61. The smallest absolute Gasteiger partial charge is 0.352 e. The summed E-state index contributed by atoms with van der Waals surface area (Å²) in [6.07, 6.45) is 2.24. The van der Waals surface area contributed by atoms with Crippen LogP contribution in [0, 0.1) is 0 Å². The molecule has 2 aliphatic rings. The largest absolute Gasteiger partial charge is 0.383 e. The Morgan fingerprint density at radius 2 is 1.75 bits per heavy atom. The molecule has 5 nitrogen and oxygen atoms in total. The lowest BCUT2D eigenvalue weighted by atomic mass is 9.75.